The highest BCUT2D eigenvalue weighted by atomic mass is 16.4. The number of aromatic nitrogens is 2. The van der Waals surface area contributed by atoms with Gasteiger partial charge in [0.25, 0.3) is 0 Å². The molecule has 0 unspecified atom stereocenters. The standard InChI is InChI=1S/C20H15N3O2/c1-2-16-18(20(24)25)7-9-23-19(16)13-5-6-17(15(10-13)11-21)14-4-3-8-22-12-14/h3-10,12H,2H2,1H3,(H,24,25). The minimum Gasteiger partial charge on any atom is -0.478 e. The minimum absolute atomic E-state index is 0.238. The van der Waals surface area contributed by atoms with Crippen LogP contribution < -0.4 is 0 Å². The molecule has 3 rings (SSSR count). The first-order valence-corrected chi connectivity index (χ1v) is 7.81. The molecule has 1 aromatic carbocycles. The maximum Gasteiger partial charge on any atom is 0.336 e. The van der Waals surface area contributed by atoms with Crippen molar-refractivity contribution < 1.29 is 9.90 Å². The van der Waals surface area contributed by atoms with Crippen molar-refractivity contribution in [1.82, 2.24) is 9.97 Å². The third-order valence-electron chi connectivity index (χ3n) is 4.03. The van der Waals surface area contributed by atoms with Gasteiger partial charge in [0.2, 0.25) is 0 Å². The average Bonchev–Trinajstić information content (AvgIpc) is 2.67. The van der Waals surface area contributed by atoms with E-state index in [0.717, 1.165) is 16.7 Å². The summed E-state index contributed by atoms with van der Waals surface area (Å²) in [7, 11) is 0. The molecule has 0 bridgehead atoms. The lowest BCUT2D eigenvalue weighted by atomic mass is 9.94. The van der Waals surface area contributed by atoms with Gasteiger partial charge < -0.3 is 5.11 Å². The number of carbonyl (C=O) groups is 1. The Morgan fingerprint density at radius 3 is 2.68 bits per heavy atom. The molecule has 0 spiro atoms. The summed E-state index contributed by atoms with van der Waals surface area (Å²) in [4.78, 5) is 19.9. The maximum atomic E-state index is 11.4. The van der Waals surface area contributed by atoms with Crippen LogP contribution in [0.25, 0.3) is 22.4 Å². The van der Waals surface area contributed by atoms with Crippen molar-refractivity contribution in [3.63, 3.8) is 0 Å². The van der Waals surface area contributed by atoms with Gasteiger partial charge in [-0.1, -0.05) is 25.1 Å². The number of rotatable bonds is 4. The second-order valence-corrected chi connectivity index (χ2v) is 5.46. The van der Waals surface area contributed by atoms with Gasteiger partial charge in [0.15, 0.2) is 0 Å². The molecule has 122 valence electrons. The van der Waals surface area contributed by atoms with Gasteiger partial charge in [-0.3, -0.25) is 9.97 Å². The smallest absolute Gasteiger partial charge is 0.336 e. The van der Waals surface area contributed by atoms with Gasteiger partial charge in [-0.05, 0) is 30.2 Å². The second-order valence-electron chi connectivity index (χ2n) is 5.46. The van der Waals surface area contributed by atoms with E-state index in [9.17, 15) is 15.2 Å². The van der Waals surface area contributed by atoms with Crippen LogP contribution in [0, 0.1) is 11.3 Å². The van der Waals surface area contributed by atoms with E-state index >= 15 is 0 Å². The van der Waals surface area contributed by atoms with Crippen LogP contribution in [0.3, 0.4) is 0 Å². The summed E-state index contributed by atoms with van der Waals surface area (Å²) in [5.74, 6) is -0.979. The largest absolute Gasteiger partial charge is 0.478 e. The van der Waals surface area contributed by atoms with E-state index in [-0.39, 0.29) is 5.56 Å². The molecule has 0 amide bonds. The van der Waals surface area contributed by atoms with E-state index in [1.165, 1.54) is 12.3 Å². The van der Waals surface area contributed by atoms with E-state index in [1.54, 1.807) is 18.5 Å². The Morgan fingerprint density at radius 2 is 2.04 bits per heavy atom. The third kappa shape index (κ3) is 3.10. The number of aromatic carboxylic acids is 1. The van der Waals surface area contributed by atoms with Gasteiger partial charge in [0.05, 0.1) is 22.9 Å². The predicted octanol–water partition coefficient (Wildman–Crippen LogP) is 3.94. The van der Waals surface area contributed by atoms with Gasteiger partial charge >= 0.3 is 5.97 Å². The van der Waals surface area contributed by atoms with Crippen LogP contribution in [0.5, 0.6) is 0 Å². The van der Waals surface area contributed by atoms with Crippen molar-refractivity contribution in [3.8, 4) is 28.5 Å². The van der Waals surface area contributed by atoms with E-state index in [2.05, 4.69) is 16.0 Å². The molecule has 0 fully saturated rings. The summed E-state index contributed by atoms with van der Waals surface area (Å²) in [5, 5.41) is 18.9. The molecule has 2 aromatic heterocycles. The summed E-state index contributed by atoms with van der Waals surface area (Å²) < 4.78 is 0. The topological polar surface area (TPSA) is 86.9 Å². The number of benzene rings is 1. The van der Waals surface area contributed by atoms with Crippen LogP contribution in [0.2, 0.25) is 0 Å². The van der Waals surface area contributed by atoms with Crippen LogP contribution in [0.15, 0.2) is 55.0 Å². The fraction of sp³-hybridized carbons (Fsp3) is 0.100. The summed E-state index contributed by atoms with van der Waals surface area (Å²) in [6, 6.07) is 12.9. The number of hydrogen-bond acceptors (Lipinski definition) is 4. The third-order valence-corrected chi connectivity index (χ3v) is 4.03. The van der Waals surface area contributed by atoms with E-state index < -0.39 is 5.97 Å². The Kier molecular flexibility index (Phi) is 4.53. The molecular weight excluding hydrogens is 314 g/mol. The average molecular weight is 329 g/mol. The highest BCUT2D eigenvalue weighted by molar-refractivity contribution is 5.91. The SMILES string of the molecule is CCc1c(C(=O)O)ccnc1-c1ccc(-c2cccnc2)c(C#N)c1. The zero-order chi connectivity index (χ0) is 17.8. The molecule has 0 radical (unpaired) electrons. The van der Waals surface area contributed by atoms with Crippen molar-refractivity contribution in [2.45, 2.75) is 13.3 Å². The normalized spacial score (nSPS) is 10.2. The Morgan fingerprint density at radius 1 is 1.20 bits per heavy atom. The van der Waals surface area contributed by atoms with E-state index in [0.29, 0.717) is 23.2 Å². The molecule has 0 saturated heterocycles. The van der Waals surface area contributed by atoms with Crippen molar-refractivity contribution in [2.24, 2.45) is 0 Å². The Hall–Kier alpha value is -3.52. The first-order valence-electron chi connectivity index (χ1n) is 7.81. The molecule has 0 saturated carbocycles. The number of carboxylic acid groups (broad SMARTS) is 1. The maximum absolute atomic E-state index is 11.4. The van der Waals surface area contributed by atoms with E-state index in [1.807, 2.05) is 31.2 Å². The van der Waals surface area contributed by atoms with Gasteiger partial charge in [0.1, 0.15) is 0 Å². The van der Waals surface area contributed by atoms with Crippen LogP contribution in [-0.4, -0.2) is 21.0 Å². The van der Waals surface area contributed by atoms with Crippen LogP contribution >= 0.6 is 0 Å². The number of nitriles is 1. The quantitative estimate of drug-likeness (QED) is 0.783. The lowest BCUT2D eigenvalue weighted by Crippen LogP contribution is -2.05. The number of nitrogens with zero attached hydrogens (tertiary/aromatic N) is 3. The summed E-state index contributed by atoms with van der Waals surface area (Å²) in [5.41, 5.74) is 4.35. The highest BCUT2D eigenvalue weighted by Gasteiger charge is 2.16. The molecule has 25 heavy (non-hydrogen) atoms. The molecule has 1 N–H and O–H groups in total. The number of hydrogen-bond donors (Lipinski definition) is 1. The second kappa shape index (κ2) is 6.93. The fourth-order valence-electron chi connectivity index (χ4n) is 2.86. The number of carboxylic acids is 1. The Bertz CT molecular complexity index is 976. The van der Waals surface area contributed by atoms with Gasteiger partial charge in [-0.15, -0.1) is 0 Å². The van der Waals surface area contributed by atoms with Crippen LogP contribution in [-0.2, 0) is 6.42 Å². The summed E-state index contributed by atoms with van der Waals surface area (Å²) in [6.07, 6.45) is 5.41. The van der Waals surface area contributed by atoms with Crippen molar-refractivity contribution in [2.75, 3.05) is 0 Å². The minimum atomic E-state index is -0.979. The van der Waals surface area contributed by atoms with Crippen molar-refractivity contribution in [1.29, 1.82) is 5.26 Å². The lowest BCUT2D eigenvalue weighted by molar-refractivity contribution is 0.0695. The zero-order valence-electron chi connectivity index (χ0n) is 13.6. The zero-order valence-corrected chi connectivity index (χ0v) is 13.6. The molecular formula is C20H15N3O2. The monoisotopic (exact) mass is 329 g/mol. The molecule has 5 heteroatoms. The number of pyridine rings is 2. The van der Waals surface area contributed by atoms with Crippen LogP contribution in [0.1, 0.15) is 28.4 Å². The first-order chi connectivity index (χ1) is 12.2. The Labute approximate surface area is 145 Å². The van der Waals surface area contributed by atoms with Gasteiger partial charge in [-0.25, -0.2) is 4.79 Å². The molecule has 0 atom stereocenters. The van der Waals surface area contributed by atoms with Gasteiger partial charge in [0, 0.05) is 35.3 Å². The Balaban J connectivity index is 2.16. The fourth-order valence-corrected chi connectivity index (χ4v) is 2.86. The molecule has 5 nitrogen and oxygen atoms in total. The lowest BCUT2D eigenvalue weighted by Gasteiger charge is -2.12. The van der Waals surface area contributed by atoms with E-state index in [4.69, 9.17) is 0 Å². The molecule has 3 aromatic rings. The van der Waals surface area contributed by atoms with Crippen molar-refractivity contribution >= 4 is 5.97 Å². The molecule has 0 aliphatic carbocycles. The molecule has 0 aliphatic heterocycles. The molecule has 0 aliphatic rings. The molecule has 2 heterocycles. The summed E-state index contributed by atoms with van der Waals surface area (Å²) in [6.45, 7) is 1.89. The summed E-state index contributed by atoms with van der Waals surface area (Å²) >= 11 is 0. The predicted molar refractivity (Wildman–Crippen MR) is 94.0 cm³/mol. The first kappa shape index (κ1) is 16.3. The van der Waals surface area contributed by atoms with Gasteiger partial charge in [-0.2, -0.15) is 5.26 Å². The van der Waals surface area contributed by atoms with Crippen molar-refractivity contribution in [3.05, 3.63) is 71.7 Å². The van der Waals surface area contributed by atoms with Crippen LogP contribution in [0.4, 0.5) is 0 Å². The highest BCUT2D eigenvalue weighted by Crippen LogP contribution is 2.30.